The third kappa shape index (κ3) is 2.76. The topological polar surface area (TPSA) is 68.0 Å². The molecule has 0 unspecified atom stereocenters. The number of hydrogen-bond donors (Lipinski definition) is 2. The number of fused-ring (bicyclic) bond motifs is 2. The van der Waals surface area contributed by atoms with Crippen LogP contribution in [0.15, 0.2) is 17.7 Å². The number of anilines is 1. The van der Waals surface area contributed by atoms with Crippen molar-refractivity contribution in [3.05, 3.63) is 33.8 Å². The van der Waals surface area contributed by atoms with Gasteiger partial charge in [0.05, 0.1) is 12.2 Å². The number of nitrogens with two attached hydrogens (primary N) is 1. The normalized spacial score (nSPS) is 14.0. The van der Waals surface area contributed by atoms with E-state index in [2.05, 4.69) is 22.9 Å². The summed E-state index contributed by atoms with van der Waals surface area (Å²) < 4.78 is 0. The Balaban J connectivity index is 1.99. The van der Waals surface area contributed by atoms with Crippen molar-refractivity contribution in [2.45, 2.75) is 25.7 Å². The number of rotatable bonds is 3. The van der Waals surface area contributed by atoms with E-state index in [1.54, 1.807) is 0 Å². The van der Waals surface area contributed by atoms with Crippen molar-refractivity contribution in [3.63, 3.8) is 0 Å². The molecule has 0 radical (unpaired) electrons. The molecule has 0 saturated carbocycles. The molecule has 2 aromatic heterocycles. The summed E-state index contributed by atoms with van der Waals surface area (Å²) >= 11 is 7.00. The van der Waals surface area contributed by atoms with E-state index in [1.165, 1.54) is 29.7 Å². The lowest BCUT2D eigenvalue weighted by Gasteiger charge is -2.14. The van der Waals surface area contributed by atoms with E-state index in [-0.39, 0.29) is 12.5 Å². The maximum atomic E-state index is 12.2. The second-order valence-electron chi connectivity index (χ2n) is 5.20. The molecule has 0 aromatic carbocycles. The Morgan fingerprint density at radius 2 is 2.24 bits per heavy atom. The Hall–Kier alpha value is -1.59. The molecule has 0 fully saturated rings. The van der Waals surface area contributed by atoms with Gasteiger partial charge in [0.25, 0.3) is 5.91 Å². The number of amides is 1. The van der Waals surface area contributed by atoms with Crippen molar-refractivity contribution in [2.75, 3.05) is 12.3 Å². The van der Waals surface area contributed by atoms with Crippen LogP contribution in [-0.4, -0.2) is 17.4 Å². The van der Waals surface area contributed by atoms with Crippen LogP contribution in [0.1, 0.15) is 33.8 Å². The number of halogens is 1. The fourth-order valence-corrected chi connectivity index (χ4v) is 3.66. The minimum absolute atomic E-state index is 0.227. The number of pyridine rings is 1. The van der Waals surface area contributed by atoms with E-state index in [9.17, 15) is 4.79 Å². The van der Waals surface area contributed by atoms with Gasteiger partial charge in [0.15, 0.2) is 0 Å². The molecule has 0 saturated heterocycles. The van der Waals surface area contributed by atoms with Gasteiger partial charge in [-0.3, -0.25) is 4.79 Å². The predicted molar refractivity (Wildman–Crippen MR) is 88.0 cm³/mol. The number of carbonyl (C=O) groups is 1. The Labute approximate surface area is 132 Å². The SMILES string of the molecule is C=C(Cl)CNC(=O)c1sc2nc3c(cc2c1N)CCCC3. The maximum absolute atomic E-state index is 12.2. The summed E-state index contributed by atoms with van der Waals surface area (Å²) in [6.45, 7) is 3.78. The van der Waals surface area contributed by atoms with Gasteiger partial charge in [-0.15, -0.1) is 11.3 Å². The molecule has 2 heterocycles. The molecule has 110 valence electrons. The van der Waals surface area contributed by atoms with Crippen LogP contribution in [0.4, 0.5) is 5.69 Å². The van der Waals surface area contributed by atoms with E-state index in [4.69, 9.17) is 17.3 Å². The van der Waals surface area contributed by atoms with Gasteiger partial charge in [-0.1, -0.05) is 18.2 Å². The van der Waals surface area contributed by atoms with Gasteiger partial charge in [0, 0.05) is 16.1 Å². The van der Waals surface area contributed by atoms with Gasteiger partial charge in [-0.05, 0) is 37.3 Å². The summed E-state index contributed by atoms with van der Waals surface area (Å²) in [6, 6.07) is 2.10. The van der Waals surface area contributed by atoms with Gasteiger partial charge < -0.3 is 11.1 Å². The molecular formula is C15H16ClN3OS. The van der Waals surface area contributed by atoms with Crippen molar-refractivity contribution in [2.24, 2.45) is 0 Å². The summed E-state index contributed by atoms with van der Waals surface area (Å²) in [5.74, 6) is -0.227. The van der Waals surface area contributed by atoms with E-state index in [0.29, 0.717) is 15.6 Å². The zero-order valence-electron chi connectivity index (χ0n) is 11.5. The molecule has 1 aliphatic carbocycles. The summed E-state index contributed by atoms with van der Waals surface area (Å²) in [4.78, 5) is 18.2. The second-order valence-corrected chi connectivity index (χ2v) is 6.73. The molecule has 0 bridgehead atoms. The number of nitrogens with one attached hydrogen (secondary N) is 1. The van der Waals surface area contributed by atoms with E-state index < -0.39 is 0 Å². The number of nitrogens with zero attached hydrogens (tertiary/aromatic N) is 1. The van der Waals surface area contributed by atoms with Crippen LogP contribution < -0.4 is 11.1 Å². The molecular weight excluding hydrogens is 306 g/mol. The average Bonchev–Trinajstić information content (AvgIpc) is 2.79. The number of aromatic nitrogens is 1. The highest BCUT2D eigenvalue weighted by molar-refractivity contribution is 7.21. The third-order valence-corrected chi connectivity index (χ3v) is 4.89. The molecule has 3 N–H and O–H groups in total. The molecule has 1 amide bonds. The minimum Gasteiger partial charge on any atom is -0.397 e. The van der Waals surface area contributed by atoms with Crippen LogP contribution in [0.2, 0.25) is 0 Å². The highest BCUT2D eigenvalue weighted by Crippen LogP contribution is 2.35. The fraction of sp³-hybridized carbons (Fsp3) is 0.333. The zero-order valence-corrected chi connectivity index (χ0v) is 13.1. The largest absolute Gasteiger partial charge is 0.397 e. The van der Waals surface area contributed by atoms with E-state index in [1.807, 2.05) is 0 Å². The van der Waals surface area contributed by atoms with Crippen LogP contribution >= 0.6 is 22.9 Å². The number of thiophene rings is 1. The molecule has 0 spiro atoms. The monoisotopic (exact) mass is 321 g/mol. The minimum atomic E-state index is -0.227. The highest BCUT2D eigenvalue weighted by Gasteiger charge is 2.20. The molecule has 0 atom stereocenters. The van der Waals surface area contributed by atoms with Gasteiger partial charge in [-0.2, -0.15) is 0 Å². The van der Waals surface area contributed by atoms with Crippen molar-refractivity contribution < 1.29 is 4.79 Å². The lowest BCUT2D eigenvalue weighted by atomic mass is 9.95. The van der Waals surface area contributed by atoms with Gasteiger partial charge in [0.2, 0.25) is 0 Å². The van der Waals surface area contributed by atoms with Gasteiger partial charge in [0.1, 0.15) is 9.71 Å². The molecule has 2 aromatic rings. The van der Waals surface area contributed by atoms with Gasteiger partial charge >= 0.3 is 0 Å². The molecule has 21 heavy (non-hydrogen) atoms. The second kappa shape index (κ2) is 5.66. The zero-order chi connectivity index (χ0) is 15.0. The first-order chi connectivity index (χ1) is 10.1. The van der Waals surface area contributed by atoms with Crippen LogP contribution in [-0.2, 0) is 12.8 Å². The summed E-state index contributed by atoms with van der Waals surface area (Å²) in [6.07, 6.45) is 4.42. The summed E-state index contributed by atoms with van der Waals surface area (Å²) in [5, 5.41) is 3.97. The van der Waals surface area contributed by atoms with Crippen molar-refractivity contribution in [1.29, 1.82) is 0 Å². The lowest BCUT2D eigenvalue weighted by molar-refractivity contribution is 0.0962. The molecule has 1 aliphatic rings. The Morgan fingerprint density at radius 3 is 3.00 bits per heavy atom. The quantitative estimate of drug-likeness (QED) is 0.912. The molecule has 0 aliphatic heterocycles. The lowest BCUT2D eigenvalue weighted by Crippen LogP contribution is -2.24. The number of aryl methyl sites for hydroxylation is 2. The van der Waals surface area contributed by atoms with Crippen LogP contribution in [0, 0.1) is 0 Å². The number of nitrogen functional groups attached to an aromatic ring is 1. The first kappa shape index (κ1) is 14.4. The van der Waals surface area contributed by atoms with Crippen LogP contribution in [0.5, 0.6) is 0 Å². The molecule has 3 rings (SSSR count). The highest BCUT2D eigenvalue weighted by atomic mass is 35.5. The Morgan fingerprint density at radius 1 is 1.48 bits per heavy atom. The van der Waals surface area contributed by atoms with Crippen molar-refractivity contribution >= 4 is 44.7 Å². The number of hydrogen-bond acceptors (Lipinski definition) is 4. The summed E-state index contributed by atoms with van der Waals surface area (Å²) in [7, 11) is 0. The standard InChI is InChI=1S/C15H16ClN3OS/c1-8(16)7-18-14(20)13-12(17)10-6-9-4-2-3-5-11(9)19-15(10)21-13/h6H,1-5,7,17H2,(H,18,20). The number of carbonyl (C=O) groups excluding carboxylic acids is 1. The smallest absolute Gasteiger partial charge is 0.263 e. The fourth-order valence-electron chi connectivity index (χ4n) is 2.58. The molecule has 6 heteroatoms. The van der Waals surface area contributed by atoms with E-state index in [0.717, 1.165) is 28.8 Å². The van der Waals surface area contributed by atoms with E-state index >= 15 is 0 Å². The average molecular weight is 322 g/mol. The first-order valence-corrected chi connectivity index (χ1v) is 8.08. The van der Waals surface area contributed by atoms with Crippen LogP contribution in [0.25, 0.3) is 10.2 Å². The van der Waals surface area contributed by atoms with Crippen LogP contribution in [0.3, 0.4) is 0 Å². The summed E-state index contributed by atoms with van der Waals surface area (Å²) in [5.41, 5.74) is 9.05. The van der Waals surface area contributed by atoms with Crippen molar-refractivity contribution in [3.8, 4) is 0 Å². The Kier molecular flexibility index (Phi) is 3.87. The first-order valence-electron chi connectivity index (χ1n) is 6.88. The third-order valence-electron chi connectivity index (χ3n) is 3.65. The Bertz CT molecular complexity index is 738. The van der Waals surface area contributed by atoms with Crippen molar-refractivity contribution in [1.82, 2.24) is 10.3 Å². The molecule has 4 nitrogen and oxygen atoms in total. The van der Waals surface area contributed by atoms with Gasteiger partial charge in [-0.25, -0.2) is 4.98 Å². The maximum Gasteiger partial charge on any atom is 0.263 e. The predicted octanol–water partition coefficient (Wildman–Crippen LogP) is 3.24.